The van der Waals surface area contributed by atoms with Crippen molar-refractivity contribution >= 4 is 23.9 Å². The van der Waals surface area contributed by atoms with Crippen LogP contribution >= 0.6 is 0 Å². The Hall–Kier alpha value is -6.96. The summed E-state index contributed by atoms with van der Waals surface area (Å²) in [6.07, 6.45) is -2.77. The van der Waals surface area contributed by atoms with Crippen LogP contribution in [0.2, 0.25) is 0 Å². The van der Waals surface area contributed by atoms with Gasteiger partial charge in [-0.25, -0.2) is 9.59 Å². The van der Waals surface area contributed by atoms with E-state index in [1.807, 2.05) is 142 Å². The van der Waals surface area contributed by atoms with Crippen molar-refractivity contribution < 1.29 is 60.0 Å². The van der Waals surface area contributed by atoms with Crippen LogP contribution in [0.4, 0.5) is 0 Å². The van der Waals surface area contributed by atoms with Gasteiger partial charge in [-0.15, -0.1) is 0 Å². The van der Waals surface area contributed by atoms with Crippen LogP contribution in [0.3, 0.4) is 0 Å². The first-order valence-electron chi connectivity index (χ1n) is 19.7. The van der Waals surface area contributed by atoms with Crippen molar-refractivity contribution in [3.8, 4) is 0 Å². The quantitative estimate of drug-likeness (QED) is 0.0644. The molecule has 0 aliphatic rings. The van der Waals surface area contributed by atoms with Gasteiger partial charge in [0.15, 0.2) is 0 Å². The van der Waals surface area contributed by atoms with Crippen LogP contribution in [-0.4, -0.2) is 64.7 Å². The van der Waals surface area contributed by atoms with Crippen molar-refractivity contribution in [2.75, 3.05) is 0 Å². The molecule has 8 N–H and O–H groups in total. The van der Waals surface area contributed by atoms with Gasteiger partial charge in [0.25, 0.3) is 11.9 Å². The maximum atomic E-state index is 10.5. The number of carboxylic acids is 4. The predicted molar refractivity (Wildman–Crippen MR) is 242 cm³/mol. The Balaban J connectivity index is 0.000000413. The Morgan fingerprint density at radius 2 is 0.571 bits per heavy atom. The largest absolute Gasteiger partial charge is 0.481 e. The molecule has 0 spiro atoms. The molecule has 4 unspecified atom stereocenters. The zero-order valence-electron chi connectivity index (χ0n) is 35.9. The third kappa shape index (κ3) is 21.4. The van der Waals surface area contributed by atoms with E-state index in [0.717, 1.165) is 36.1 Å². The molecule has 0 saturated carbocycles. The Morgan fingerprint density at radius 1 is 0.381 bits per heavy atom. The van der Waals surface area contributed by atoms with Gasteiger partial charge in [0, 0.05) is 25.2 Å². The highest BCUT2D eigenvalue weighted by molar-refractivity contribution is 5.87. The van der Waals surface area contributed by atoms with Crippen LogP contribution in [0.5, 0.6) is 0 Å². The van der Waals surface area contributed by atoms with E-state index in [4.69, 9.17) is 30.0 Å². The molecule has 0 fully saturated rings. The van der Waals surface area contributed by atoms with Crippen molar-refractivity contribution in [3.05, 3.63) is 215 Å². The van der Waals surface area contributed by atoms with Gasteiger partial charge in [0.2, 0.25) is 0 Å². The molecular formula is C51H58O12. The van der Waals surface area contributed by atoms with Gasteiger partial charge in [-0.2, -0.15) is 0 Å². The van der Waals surface area contributed by atoms with Crippen LogP contribution < -0.4 is 0 Å². The number of aliphatic carboxylic acids is 2. The molecule has 12 heteroatoms. The lowest BCUT2D eigenvalue weighted by Gasteiger charge is -2.35. The van der Waals surface area contributed by atoms with E-state index in [-0.39, 0.29) is 5.92 Å². The number of aliphatic hydroxyl groups excluding tert-OH is 4. The van der Waals surface area contributed by atoms with Crippen molar-refractivity contribution in [2.45, 2.75) is 59.0 Å². The molecule has 6 rings (SSSR count). The van der Waals surface area contributed by atoms with Crippen LogP contribution in [0.25, 0.3) is 0 Å². The lowest BCUT2D eigenvalue weighted by Crippen LogP contribution is -2.29. The predicted octanol–water partition coefficient (Wildman–Crippen LogP) is 9.52. The number of carboxylic acid groups (broad SMARTS) is 4. The summed E-state index contributed by atoms with van der Waals surface area (Å²) in [4.78, 5) is 38.4. The summed E-state index contributed by atoms with van der Waals surface area (Å²) in [5, 5.41) is 73.2. The van der Waals surface area contributed by atoms with E-state index in [0.29, 0.717) is 11.1 Å². The van der Waals surface area contributed by atoms with Gasteiger partial charge >= 0.3 is 11.9 Å². The van der Waals surface area contributed by atoms with E-state index in [1.54, 1.807) is 60.7 Å². The maximum Gasteiger partial charge on any atom is 0.335 e. The fraction of sp³-hybridized carbons (Fsp3) is 0.216. The normalized spacial score (nSPS) is 12.4. The smallest absolute Gasteiger partial charge is 0.335 e. The standard InChI is InChI=1S/C17H20O2.C16H18O2.2C7H6O2.2C2H4O2/c1-17(2,15(18)13-9-5-3-6-10-13)16(19)14-11-7-4-8-12-14;1-12(15(17)13-8-4-2-5-9-13)16(18)14-10-6-3-7-11-14;2*8-7(9)6-4-2-1-3-5-6;2*1-2(3)4/h3-12,15-16,18-19H,1-2H3;2-12,15-18H,1H3;2*1-5H,(H,8,9);2*1H3,(H,3,4). The topological polar surface area (TPSA) is 230 Å². The summed E-state index contributed by atoms with van der Waals surface area (Å²) < 4.78 is 0. The summed E-state index contributed by atoms with van der Waals surface area (Å²) in [6, 6.07) is 54.4. The number of hydrogen-bond donors (Lipinski definition) is 8. The highest BCUT2D eigenvalue weighted by Crippen LogP contribution is 2.43. The molecule has 0 amide bonds. The molecule has 0 heterocycles. The van der Waals surface area contributed by atoms with E-state index in [1.165, 1.54) is 0 Å². The molecule has 0 radical (unpaired) electrons. The molecule has 0 aliphatic carbocycles. The van der Waals surface area contributed by atoms with Crippen LogP contribution in [-0.2, 0) is 9.59 Å². The van der Waals surface area contributed by atoms with Crippen molar-refractivity contribution in [1.29, 1.82) is 0 Å². The average Bonchev–Trinajstić information content (AvgIpc) is 3.29. The highest BCUT2D eigenvalue weighted by atomic mass is 16.4. The number of benzene rings is 6. The molecule has 6 aromatic rings. The minimum Gasteiger partial charge on any atom is -0.481 e. The number of carbonyl (C=O) groups is 4. The SMILES string of the molecule is CC(=O)O.CC(=O)O.CC(C(O)c1ccccc1)C(O)c1ccccc1.CC(C)(C(O)c1ccccc1)C(O)c1ccccc1.O=C(O)c1ccccc1.O=C(O)c1ccccc1. The van der Waals surface area contributed by atoms with Gasteiger partial charge in [-0.3, -0.25) is 9.59 Å². The Labute approximate surface area is 368 Å². The average molecular weight is 863 g/mol. The number of rotatable bonds is 10. The number of aromatic carboxylic acids is 2. The molecular weight excluding hydrogens is 805 g/mol. The van der Waals surface area contributed by atoms with Crippen LogP contribution in [0, 0.1) is 11.3 Å². The van der Waals surface area contributed by atoms with Crippen molar-refractivity contribution in [1.82, 2.24) is 0 Å². The molecule has 63 heavy (non-hydrogen) atoms. The van der Waals surface area contributed by atoms with E-state index < -0.39 is 53.7 Å². The van der Waals surface area contributed by atoms with Gasteiger partial charge < -0.3 is 40.9 Å². The fourth-order valence-corrected chi connectivity index (χ4v) is 5.52. The second-order valence-corrected chi connectivity index (χ2v) is 14.4. The lowest BCUT2D eigenvalue weighted by molar-refractivity contribution is -0.135. The van der Waals surface area contributed by atoms with Gasteiger partial charge in [-0.1, -0.05) is 178 Å². The van der Waals surface area contributed by atoms with Gasteiger partial charge in [0.1, 0.15) is 0 Å². The summed E-state index contributed by atoms with van der Waals surface area (Å²) in [7, 11) is 0. The Bertz CT molecular complexity index is 1990. The summed E-state index contributed by atoms with van der Waals surface area (Å²) in [6.45, 7) is 7.78. The fourth-order valence-electron chi connectivity index (χ4n) is 5.52. The monoisotopic (exact) mass is 862 g/mol. The Morgan fingerprint density at radius 3 is 0.762 bits per heavy atom. The molecule has 4 atom stereocenters. The van der Waals surface area contributed by atoms with Crippen molar-refractivity contribution in [3.63, 3.8) is 0 Å². The third-order valence-electron chi connectivity index (χ3n) is 8.96. The van der Waals surface area contributed by atoms with E-state index >= 15 is 0 Å². The zero-order valence-corrected chi connectivity index (χ0v) is 35.9. The molecule has 0 aromatic heterocycles. The number of aliphatic hydroxyl groups is 4. The zero-order chi connectivity index (χ0) is 47.4. The van der Waals surface area contributed by atoms with Crippen molar-refractivity contribution in [2.24, 2.45) is 11.3 Å². The van der Waals surface area contributed by atoms with Gasteiger partial charge in [0.05, 0.1) is 35.5 Å². The maximum absolute atomic E-state index is 10.5. The molecule has 12 nitrogen and oxygen atoms in total. The summed E-state index contributed by atoms with van der Waals surface area (Å²) in [5.41, 5.74) is 3.31. The first-order chi connectivity index (χ1) is 29.8. The second-order valence-electron chi connectivity index (χ2n) is 14.4. The molecule has 6 aromatic carbocycles. The van der Waals surface area contributed by atoms with E-state index in [9.17, 15) is 30.0 Å². The number of hydrogen-bond acceptors (Lipinski definition) is 8. The highest BCUT2D eigenvalue weighted by Gasteiger charge is 2.37. The minimum absolute atomic E-state index is 0.255. The lowest BCUT2D eigenvalue weighted by atomic mass is 9.75. The van der Waals surface area contributed by atoms with E-state index in [2.05, 4.69) is 0 Å². The molecule has 0 saturated heterocycles. The molecule has 0 aliphatic heterocycles. The van der Waals surface area contributed by atoms with Crippen LogP contribution in [0.1, 0.15) is 102 Å². The summed E-state index contributed by atoms with van der Waals surface area (Å²) in [5.74, 6) is -3.68. The first kappa shape index (κ1) is 54.1. The van der Waals surface area contributed by atoms with Gasteiger partial charge in [-0.05, 0) is 46.5 Å². The van der Waals surface area contributed by atoms with Crippen LogP contribution in [0.15, 0.2) is 182 Å². The Kier molecular flexibility index (Phi) is 25.2. The first-order valence-corrected chi connectivity index (χ1v) is 19.7. The minimum atomic E-state index is -0.879. The molecule has 334 valence electrons. The molecule has 0 bridgehead atoms. The second kappa shape index (κ2) is 29.3. The third-order valence-corrected chi connectivity index (χ3v) is 8.96. The summed E-state index contributed by atoms with van der Waals surface area (Å²) >= 11 is 0.